The maximum atomic E-state index is 10.8. The highest BCUT2D eigenvalue weighted by molar-refractivity contribution is 6.33. The number of aliphatic carboxylic acids is 1. The number of nitrogens with two attached hydrogens (primary N) is 1. The Balaban J connectivity index is 2.52. The van der Waals surface area contributed by atoms with Crippen molar-refractivity contribution in [2.45, 2.75) is 12.5 Å². The molecule has 0 aromatic heterocycles. The number of methoxy groups -OCH3 is 1. The molecule has 1 aliphatic heterocycles. The molecule has 1 atom stereocenters. The molecule has 2 rings (SSSR count). The van der Waals surface area contributed by atoms with Crippen molar-refractivity contribution >= 4 is 17.6 Å². The van der Waals surface area contributed by atoms with Crippen molar-refractivity contribution in [3.8, 4) is 17.2 Å². The van der Waals surface area contributed by atoms with Crippen LogP contribution in [0.5, 0.6) is 17.2 Å². The van der Waals surface area contributed by atoms with Crippen molar-refractivity contribution in [3.05, 3.63) is 16.7 Å². The van der Waals surface area contributed by atoms with Gasteiger partial charge in [0, 0.05) is 17.7 Å². The van der Waals surface area contributed by atoms with Gasteiger partial charge in [0.25, 0.3) is 0 Å². The van der Waals surface area contributed by atoms with Gasteiger partial charge in [-0.05, 0) is 0 Å². The zero-order valence-corrected chi connectivity index (χ0v) is 11.1. The Labute approximate surface area is 115 Å². The van der Waals surface area contributed by atoms with Gasteiger partial charge in [0.1, 0.15) is 19.0 Å². The van der Waals surface area contributed by atoms with E-state index in [9.17, 15) is 4.79 Å². The first-order chi connectivity index (χ1) is 9.04. The van der Waals surface area contributed by atoms with Crippen molar-refractivity contribution in [3.63, 3.8) is 0 Å². The van der Waals surface area contributed by atoms with Crippen LogP contribution in [0.3, 0.4) is 0 Å². The van der Waals surface area contributed by atoms with E-state index in [-0.39, 0.29) is 11.4 Å². The molecule has 1 unspecified atom stereocenters. The molecule has 1 aromatic rings. The number of hydrogen-bond donors (Lipinski definition) is 2. The Morgan fingerprint density at radius 3 is 2.89 bits per heavy atom. The summed E-state index contributed by atoms with van der Waals surface area (Å²) in [4.78, 5) is 10.8. The smallest absolute Gasteiger partial charge is 0.305 e. The quantitative estimate of drug-likeness (QED) is 0.874. The number of hydrogen-bond acceptors (Lipinski definition) is 5. The highest BCUT2D eigenvalue weighted by atomic mass is 35.5. The Morgan fingerprint density at radius 2 is 2.26 bits per heavy atom. The van der Waals surface area contributed by atoms with Gasteiger partial charge in [-0.25, -0.2) is 0 Å². The van der Waals surface area contributed by atoms with Gasteiger partial charge in [0.05, 0.1) is 18.6 Å². The lowest BCUT2D eigenvalue weighted by atomic mass is 10.0. The maximum Gasteiger partial charge on any atom is 0.305 e. The summed E-state index contributed by atoms with van der Waals surface area (Å²) in [7, 11) is 1.46. The van der Waals surface area contributed by atoms with Crippen molar-refractivity contribution < 1.29 is 24.1 Å². The molecule has 104 valence electrons. The average Bonchev–Trinajstić information content (AvgIpc) is 2.36. The van der Waals surface area contributed by atoms with Crippen LogP contribution in [0.2, 0.25) is 5.02 Å². The van der Waals surface area contributed by atoms with Crippen LogP contribution in [0.25, 0.3) is 0 Å². The number of ether oxygens (including phenoxy) is 3. The largest absolute Gasteiger partial charge is 0.495 e. The number of fused-ring (bicyclic) bond motifs is 1. The predicted molar refractivity (Wildman–Crippen MR) is 68.2 cm³/mol. The molecule has 3 N–H and O–H groups in total. The molecule has 0 spiro atoms. The first-order valence-corrected chi connectivity index (χ1v) is 6.05. The van der Waals surface area contributed by atoms with E-state index in [0.717, 1.165) is 0 Å². The summed E-state index contributed by atoms with van der Waals surface area (Å²) in [6.45, 7) is 0.772. The van der Waals surface area contributed by atoms with Gasteiger partial charge in [-0.1, -0.05) is 11.6 Å². The molecule has 1 aliphatic rings. The molecule has 0 saturated carbocycles. The molecular formula is C12H14ClNO5. The van der Waals surface area contributed by atoms with Crippen molar-refractivity contribution in [1.29, 1.82) is 0 Å². The predicted octanol–water partition coefficient (Wildman–Crippen LogP) is 1.59. The summed E-state index contributed by atoms with van der Waals surface area (Å²) in [6.07, 6.45) is -0.261. The normalized spacial score (nSPS) is 14.9. The van der Waals surface area contributed by atoms with Gasteiger partial charge in [-0.3, -0.25) is 4.79 Å². The summed E-state index contributed by atoms with van der Waals surface area (Å²) in [5.41, 5.74) is 6.29. The van der Waals surface area contributed by atoms with Crippen LogP contribution >= 0.6 is 11.6 Å². The molecule has 0 radical (unpaired) electrons. The Morgan fingerprint density at radius 1 is 1.58 bits per heavy atom. The summed E-state index contributed by atoms with van der Waals surface area (Å²) in [6, 6.07) is 0.809. The fourth-order valence-corrected chi connectivity index (χ4v) is 2.29. The topological polar surface area (TPSA) is 91.0 Å². The monoisotopic (exact) mass is 287 g/mol. The lowest BCUT2D eigenvalue weighted by Crippen LogP contribution is -2.21. The zero-order chi connectivity index (χ0) is 14.0. The third-order valence-corrected chi connectivity index (χ3v) is 3.15. The van der Waals surface area contributed by atoms with Gasteiger partial charge in [-0.2, -0.15) is 0 Å². The zero-order valence-electron chi connectivity index (χ0n) is 10.3. The number of carboxylic acid groups (broad SMARTS) is 1. The fourth-order valence-electron chi connectivity index (χ4n) is 1.93. The molecule has 0 saturated heterocycles. The minimum Gasteiger partial charge on any atom is -0.495 e. The van der Waals surface area contributed by atoms with E-state index in [1.807, 2.05) is 0 Å². The van der Waals surface area contributed by atoms with Gasteiger partial charge < -0.3 is 25.1 Å². The number of rotatable bonds is 4. The lowest BCUT2D eigenvalue weighted by molar-refractivity contribution is -0.137. The second kappa shape index (κ2) is 5.54. The second-order valence-corrected chi connectivity index (χ2v) is 4.41. The SMILES string of the molecule is COc1cc2c(c(C(N)CC(=O)O)c1Cl)OCCO2. The Bertz CT molecular complexity index is 505. The van der Waals surface area contributed by atoms with Crippen LogP contribution in [-0.4, -0.2) is 31.4 Å². The molecule has 0 bridgehead atoms. The third-order valence-electron chi connectivity index (χ3n) is 2.76. The van der Waals surface area contributed by atoms with Gasteiger partial charge in [0.2, 0.25) is 0 Å². The van der Waals surface area contributed by atoms with E-state index in [4.69, 9.17) is 36.7 Å². The summed E-state index contributed by atoms with van der Waals surface area (Å²) >= 11 is 6.19. The Hall–Kier alpha value is -1.66. The Kier molecular flexibility index (Phi) is 4.01. The van der Waals surface area contributed by atoms with Gasteiger partial charge >= 0.3 is 5.97 Å². The minimum absolute atomic E-state index is 0.250. The van der Waals surface area contributed by atoms with Gasteiger partial charge in [0.15, 0.2) is 11.5 Å². The highest BCUT2D eigenvalue weighted by Crippen LogP contribution is 2.46. The molecule has 1 aromatic carbocycles. The number of carboxylic acids is 1. The minimum atomic E-state index is -1.02. The molecule has 19 heavy (non-hydrogen) atoms. The molecule has 7 heteroatoms. The molecule has 0 fully saturated rings. The van der Waals surface area contributed by atoms with Crippen LogP contribution in [-0.2, 0) is 4.79 Å². The van der Waals surface area contributed by atoms with Crippen molar-refractivity contribution in [2.24, 2.45) is 5.73 Å². The molecule has 6 nitrogen and oxygen atoms in total. The van der Waals surface area contributed by atoms with E-state index in [0.29, 0.717) is 36.0 Å². The van der Waals surface area contributed by atoms with E-state index >= 15 is 0 Å². The third kappa shape index (κ3) is 2.69. The van der Waals surface area contributed by atoms with E-state index in [2.05, 4.69) is 0 Å². The van der Waals surface area contributed by atoms with E-state index < -0.39 is 12.0 Å². The van der Waals surface area contributed by atoms with Crippen molar-refractivity contribution in [1.82, 2.24) is 0 Å². The first-order valence-electron chi connectivity index (χ1n) is 5.68. The second-order valence-electron chi connectivity index (χ2n) is 4.04. The van der Waals surface area contributed by atoms with Crippen LogP contribution in [0.4, 0.5) is 0 Å². The summed E-state index contributed by atoms with van der Waals surface area (Å²) in [5.74, 6) is 0.216. The average molecular weight is 288 g/mol. The standard InChI is InChI=1S/C12H14ClNO5/c1-17-7-5-8-12(19-3-2-18-8)10(11(7)13)6(14)4-9(15)16/h5-6H,2-4,14H2,1H3,(H,15,16). The lowest BCUT2D eigenvalue weighted by Gasteiger charge is -2.25. The van der Waals surface area contributed by atoms with Crippen molar-refractivity contribution in [2.75, 3.05) is 20.3 Å². The van der Waals surface area contributed by atoms with Crippen LogP contribution in [0.15, 0.2) is 6.07 Å². The number of benzene rings is 1. The molecule has 0 aliphatic carbocycles. The van der Waals surface area contributed by atoms with E-state index in [1.54, 1.807) is 6.07 Å². The van der Waals surface area contributed by atoms with Crippen LogP contribution < -0.4 is 19.9 Å². The molecule has 0 amide bonds. The summed E-state index contributed by atoms with van der Waals surface area (Å²) < 4.78 is 16.1. The highest BCUT2D eigenvalue weighted by Gasteiger charge is 2.27. The summed E-state index contributed by atoms with van der Waals surface area (Å²) in [5, 5.41) is 9.09. The first kappa shape index (κ1) is 13.8. The fraction of sp³-hybridized carbons (Fsp3) is 0.417. The van der Waals surface area contributed by atoms with Crippen LogP contribution in [0, 0.1) is 0 Å². The maximum absolute atomic E-state index is 10.8. The number of carbonyl (C=O) groups is 1. The van der Waals surface area contributed by atoms with E-state index in [1.165, 1.54) is 7.11 Å². The number of halogens is 1. The molecule has 1 heterocycles. The van der Waals surface area contributed by atoms with Crippen LogP contribution in [0.1, 0.15) is 18.0 Å². The molecular weight excluding hydrogens is 274 g/mol. The van der Waals surface area contributed by atoms with Gasteiger partial charge in [-0.15, -0.1) is 0 Å².